The van der Waals surface area contributed by atoms with Gasteiger partial charge in [-0.1, -0.05) is 13.0 Å². The predicted molar refractivity (Wildman–Crippen MR) is 79.8 cm³/mol. The highest BCUT2D eigenvalue weighted by Crippen LogP contribution is 2.20. The van der Waals surface area contributed by atoms with E-state index in [4.69, 9.17) is 0 Å². The van der Waals surface area contributed by atoms with Crippen molar-refractivity contribution in [1.29, 1.82) is 0 Å². The average molecular weight is 301 g/mol. The number of carbonyl (C=O) groups is 1. The van der Waals surface area contributed by atoms with E-state index >= 15 is 0 Å². The number of nitrogens with zero attached hydrogens (tertiary/aromatic N) is 1. The number of halogens is 2. The van der Waals surface area contributed by atoms with Crippen molar-refractivity contribution in [3.05, 3.63) is 59.4 Å². The second-order valence-corrected chi connectivity index (χ2v) is 4.82. The minimum Gasteiger partial charge on any atom is -0.342 e. The van der Waals surface area contributed by atoms with Gasteiger partial charge in [-0.3, -0.25) is 4.79 Å². The molecule has 6 heteroatoms. The summed E-state index contributed by atoms with van der Waals surface area (Å²) in [5, 5.41) is 2.26. The third kappa shape index (κ3) is 2.55. The van der Waals surface area contributed by atoms with E-state index < -0.39 is 23.2 Å². The van der Waals surface area contributed by atoms with E-state index in [-0.39, 0.29) is 0 Å². The van der Waals surface area contributed by atoms with Crippen LogP contribution in [0.3, 0.4) is 0 Å². The molecule has 0 aliphatic rings. The van der Waals surface area contributed by atoms with Gasteiger partial charge in [0.1, 0.15) is 23.1 Å². The summed E-state index contributed by atoms with van der Waals surface area (Å²) in [6.45, 7) is 1.96. The Morgan fingerprint density at radius 2 is 1.95 bits per heavy atom. The normalized spacial score (nSPS) is 10.9. The van der Waals surface area contributed by atoms with Crippen molar-refractivity contribution in [2.75, 3.05) is 5.32 Å². The second-order valence-electron chi connectivity index (χ2n) is 4.82. The Morgan fingerprint density at radius 1 is 1.23 bits per heavy atom. The molecule has 0 aliphatic carbocycles. The van der Waals surface area contributed by atoms with Gasteiger partial charge in [0.05, 0.1) is 11.0 Å². The van der Waals surface area contributed by atoms with Crippen LogP contribution in [-0.4, -0.2) is 15.9 Å². The number of benzene rings is 2. The zero-order valence-electron chi connectivity index (χ0n) is 11.8. The summed E-state index contributed by atoms with van der Waals surface area (Å²) >= 11 is 0. The monoisotopic (exact) mass is 301 g/mol. The van der Waals surface area contributed by atoms with E-state index in [1.54, 1.807) is 18.2 Å². The zero-order valence-corrected chi connectivity index (χ0v) is 11.8. The van der Waals surface area contributed by atoms with Crippen LogP contribution in [0, 0.1) is 11.6 Å². The summed E-state index contributed by atoms with van der Waals surface area (Å²) in [5.41, 5.74) is 1.29. The minimum absolute atomic E-state index is 0.293. The van der Waals surface area contributed by atoms with Crippen molar-refractivity contribution < 1.29 is 13.6 Å². The summed E-state index contributed by atoms with van der Waals surface area (Å²) in [6.07, 6.45) is 0.747. The molecular formula is C16H13F2N3O. The fourth-order valence-corrected chi connectivity index (χ4v) is 2.17. The first-order valence-electron chi connectivity index (χ1n) is 6.82. The maximum Gasteiger partial charge on any atom is 0.255 e. The quantitative estimate of drug-likeness (QED) is 0.775. The van der Waals surface area contributed by atoms with E-state index in [9.17, 15) is 13.6 Å². The Morgan fingerprint density at radius 3 is 2.64 bits per heavy atom. The minimum atomic E-state index is -0.816. The Bertz CT molecular complexity index is 837. The molecule has 0 fully saturated rings. The SMILES string of the molecule is CCc1nc2ccc(C(=O)Nc3c(F)cccc3F)cc2[nH]1. The van der Waals surface area contributed by atoms with E-state index in [1.807, 2.05) is 6.92 Å². The zero-order chi connectivity index (χ0) is 15.7. The van der Waals surface area contributed by atoms with Crippen molar-refractivity contribution in [1.82, 2.24) is 9.97 Å². The number of aromatic amines is 1. The molecule has 0 unspecified atom stereocenters. The van der Waals surface area contributed by atoms with Crippen LogP contribution in [0.2, 0.25) is 0 Å². The molecule has 0 saturated carbocycles. The summed E-state index contributed by atoms with van der Waals surface area (Å²) in [5.74, 6) is -1.40. The van der Waals surface area contributed by atoms with Gasteiger partial charge in [-0.15, -0.1) is 0 Å². The highest BCUT2D eigenvalue weighted by atomic mass is 19.1. The Balaban J connectivity index is 1.91. The molecule has 1 amide bonds. The molecule has 0 aliphatic heterocycles. The maximum atomic E-state index is 13.6. The van der Waals surface area contributed by atoms with Crippen molar-refractivity contribution in [3.63, 3.8) is 0 Å². The third-order valence-corrected chi connectivity index (χ3v) is 3.33. The molecule has 3 rings (SSSR count). The number of rotatable bonds is 3. The van der Waals surface area contributed by atoms with Gasteiger partial charge in [0.2, 0.25) is 0 Å². The van der Waals surface area contributed by atoms with E-state index in [2.05, 4.69) is 15.3 Å². The summed E-state index contributed by atoms with van der Waals surface area (Å²) in [7, 11) is 0. The Kier molecular flexibility index (Phi) is 3.58. The molecule has 0 bridgehead atoms. The predicted octanol–water partition coefficient (Wildman–Crippen LogP) is 3.66. The van der Waals surface area contributed by atoms with Gasteiger partial charge in [-0.25, -0.2) is 13.8 Å². The maximum absolute atomic E-state index is 13.6. The third-order valence-electron chi connectivity index (χ3n) is 3.33. The molecule has 0 saturated heterocycles. The smallest absolute Gasteiger partial charge is 0.255 e. The molecule has 3 aromatic rings. The van der Waals surface area contributed by atoms with Crippen molar-refractivity contribution in [2.45, 2.75) is 13.3 Å². The van der Waals surface area contributed by atoms with E-state index in [0.29, 0.717) is 11.1 Å². The van der Waals surface area contributed by atoms with Crippen LogP contribution in [0.4, 0.5) is 14.5 Å². The van der Waals surface area contributed by atoms with E-state index in [1.165, 1.54) is 6.07 Å². The van der Waals surface area contributed by atoms with Crippen LogP contribution >= 0.6 is 0 Å². The van der Waals surface area contributed by atoms with Crippen LogP contribution in [0.1, 0.15) is 23.1 Å². The molecule has 2 aromatic carbocycles. The fourth-order valence-electron chi connectivity index (χ4n) is 2.17. The number of amides is 1. The largest absolute Gasteiger partial charge is 0.342 e. The first-order valence-corrected chi connectivity index (χ1v) is 6.82. The van der Waals surface area contributed by atoms with Crippen LogP contribution in [-0.2, 0) is 6.42 Å². The van der Waals surface area contributed by atoms with Crippen LogP contribution < -0.4 is 5.32 Å². The second kappa shape index (κ2) is 5.55. The van der Waals surface area contributed by atoms with Gasteiger partial charge in [-0.2, -0.15) is 0 Å². The number of anilines is 1. The molecule has 2 N–H and O–H groups in total. The van der Waals surface area contributed by atoms with Crippen molar-refractivity contribution in [3.8, 4) is 0 Å². The lowest BCUT2D eigenvalue weighted by molar-refractivity contribution is 0.102. The number of hydrogen-bond acceptors (Lipinski definition) is 2. The van der Waals surface area contributed by atoms with Crippen LogP contribution in [0.5, 0.6) is 0 Å². The molecule has 1 heterocycles. The fraction of sp³-hybridized carbons (Fsp3) is 0.125. The number of carbonyl (C=O) groups excluding carboxylic acids is 1. The highest BCUT2D eigenvalue weighted by molar-refractivity contribution is 6.06. The molecular weight excluding hydrogens is 288 g/mol. The summed E-state index contributed by atoms with van der Waals surface area (Å²) in [4.78, 5) is 19.6. The highest BCUT2D eigenvalue weighted by Gasteiger charge is 2.14. The molecule has 0 atom stereocenters. The lowest BCUT2D eigenvalue weighted by Gasteiger charge is -2.07. The number of hydrogen-bond donors (Lipinski definition) is 2. The summed E-state index contributed by atoms with van der Waals surface area (Å²) < 4.78 is 27.1. The molecule has 0 spiro atoms. The van der Waals surface area contributed by atoms with E-state index in [0.717, 1.165) is 29.9 Å². The van der Waals surface area contributed by atoms with Crippen molar-refractivity contribution >= 4 is 22.6 Å². The lowest BCUT2D eigenvalue weighted by atomic mass is 10.2. The Hall–Kier alpha value is -2.76. The number of fused-ring (bicyclic) bond motifs is 1. The summed E-state index contributed by atoms with van der Waals surface area (Å²) in [6, 6.07) is 8.28. The topological polar surface area (TPSA) is 57.8 Å². The Labute approximate surface area is 125 Å². The number of imidazole rings is 1. The molecule has 112 valence electrons. The number of H-pyrrole nitrogens is 1. The van der Waals surface area contributed by atoms with Gasteiger partial charge in [0.15, 0.2) is 0 Å². The average Bonchev–Trinajstić information content (AvgIpc) is 2.93. The molecule has 1 aromatic heterocycles. The molecule has 22 heavy (non-hydrogen) atoms. The van der Waals surface area contributed by atoms with Gasteiger partial charge >= 0.3 is 0 Å². The van der Waals surface area contributed by atoms with Gasteiger partial charge in [0, 0.05) is 12.0 Å². The van der Waals surface area contributed by atoms with Crippen LogP contribution in [0.15, 0.2) is 36.4 Å². The lowest BCUT2D eigenvalue weighted by Crippen LogP contribution is -2.14. The first-order chi connectivity index (χ1) is 10.6. The number of aromatic nitrogens is 2. The van der Waals surface area contributed by atoms with Gasteiger partial charge < -0.3 is 10.3 Å². The number of aryl methyl sites for hydroxylation is 1. The standard InChI is InChI=1S/C16H13F2N3O/c1-2-14-19-12-7-6-9(8-13(12)20-14)16(22)21-15-10(17)4-3-5-11(15)18/h3-8H,2H2,1H3,(H,19,20)(H,21,22). The van der Waals surface area contributed by atoms with Crippen molar-refractivity contribution in [2.24, 2.45) is 0 Å². The molecule has 4 nitrogen and oxygen atoms in total. The first kappa shape index (κ1) is 14.2. The van der Waals surface area contributed by atoms with Gasteiger partial charge in [0.25, 0.3) is 5.91 Å². The number of para-hydroxylation sites is 1. The van der Waals surface area contributed by atoms with Gasteiger partial charge in [-0.05, 0) is 30.3 Å². The van der Waals surface area contributed by atoms with Crippen LogP contribution in [0.25, 0.3) is 11.0 Å². The molecule has 0 radical (unpaired) electrons. The number of nitrogens with one attached hydrogen (secondary N) is 2.